The monoisotopic (exact) mass is 223 g/mol. The second-order valence-electron chi connectivity index (χ2n) is 3.36. The first-order chi connectivity index (χ1) is 7.49. The molecule has 2 N–H and O–H groups in total. The molecule has 16 heavy (non-hydrogen) atoms. The predicted octanol–water partition coefficient (Wildman–Crippen LogP) is 1.42. The van der Waals surface area contributed by atoms with Gasteiger partial charge in [-0.25, -0.2) is 4.79 Å². The number of hydrogen-bond acceptors (Lipinski definition) is 3. The van der Waals surface area contributed by atoms with Crippen molar-refractivity contribution in [1.29, 1.82) is 0 Å². The molecule has 0 atom stereocenters. The first-order valence-electron chi connectivity index (χ1n) is 4.72. The number of aliphatic carboxylic acids is 1. The normalized spacial score (nSPS) is 9.62. The fourth-order valence-electron chi connectivity index (χ4n) is 1.20. The molecule has 0 heterocycles. The van der Waals surface area contributed by atoms with E-state index in [2.05, 4.69) is 5.32 Å². The Bertz CT molecular complexity index is 414. The Labute approximate surface area is 93.0 Å². The number of benzene rings is 1. The molecule has 86 valence electrons. The van der Waals surface area contributed by atoms with Crippen molar-refractivity contribution < 1.29 is 19.4 Å². The second kappa shape index (κ2) is 5.16. The Hall–Kier alpha value is -2.04. The minimum absolute atomic E-state index is 0.231. The molecule has 0 unspecified atom stereocenters. The van der Waals surface area contributed by atoms with Crippen LogP contribution in [0.2, 0.25) is 0 Å². The number of ether oxygens (including phenoxy) is 1. The Kier molecular flexibility index (Phi) is 3.88. The Balaban J connectivity index is 2.88. The number of carboxylic acid groups (broad SMARTS) is 1. The molecule has 1 rings (SSSR count). The van der Waals surface area contributed by atoms with Crippen LogP contribution in [0.3, 0.4) is 0 Å². The van der Waals surface area contributed by atoms with Crippen LogP contribution >= 0.6 is 0 Å². The zero-order valence-corrected chi connectivity index (χ0v) is 9.11. The number of anilines is 1. The van der Waals surface area contributed by atoms with Crippen molar-refractivity contribution in [2.24, 2.45) is 0 Å². The second-order valence-corrected chi connectivity index (χ2v) is 3.36. The van der Waals surface area contributed by atoms with Crippen LogP contribution in [0.25, 0.3) is 0 Å². The van der Waals surface area contributed by atoms with Gasteiger partial charge in [-0.3, -0.25) is 4.79 Å². The van der Waals surface area contributed by atoms with Gasteiger partial charge in [0.2, 0.25) is 5.91 Å². The van der Waals surface area contributed by atoms with E-state index in [4.69, 9.17) is 9.84 Å². The standard InChI is InChI=1S/C11H13NO4/c1-7-3-4-10(16-6-11(14)15)9(5-7)12-8(2)13/h3-5H,6H2,1-2H3,(H,12,13)(H,14,15). The summed E-state index contributed by atoms with van der Waals surface area (Å²) in [6.45, 7) is 2.81. The molecule has 0 aliphatic rings. The maximum absolute atomic E-state index is 10.9. The van der Waals surface area contributed by atoms with Crippen LogP contribution in [-0.2, 0) is 9.59 Å². The topological polar surface area (TPSA) is 75.6 Å². The van der Waals surface area contributed by atoms with E-state index in [0.29, 0.717) is 11.4 Å². The quantitative estimate of drug-likeness (QED) is 0.809. The lowest BCUT2D eigenvalue weighted by Gasteiger charge is -2.10. The van der Waals surface area contributed by atoms with E-state index in [-0.39, 0.29) is 5.91 Å². The van der Waals surface area contributed by atoms with Gasteiger partial charge in [0.05, 0.1) is 5.69 Å². The van der Waals surface area contributed by atoms with Gasteiger partial charge in [-0.05, 0) is 24.6 Å². The fourth-order valence-corrected chi connectivity index (χ4v) is 1.20. The van der Waals surface area contributed by atoms with Gasteiger partial charge in [0.25, 0.3) is 0 Å². The highest BCUT2D eigenvalue weighted by Gasteiger charge is 2.07. The smallest absolute Gasteiger partial charge is 0.341 e. The maximum atomic E-state index is 10.9. The van der Waals surface area contributed by atoms with Gasteiger partial charge in [0.1, 0.15) is 5.75 Å². The predicted molar refractivity (Wildman–Crippen MR) is 58.6 cm³/mol. The largest absolute Gasteiger partial charge is 0.480 e. The highest BCUT2D eigenvalue weighted by Crippen LogP contribution is 2.25. The molecule has 0 aromatic heterocycles. The fraction of sp³-hybridized carbons (Fsp3) is 0.273. The SMILES string of the molecule is CC(=O)Nc1cc(C)ccc1OCC(=O)O. The zero-order chi connectivity index (χ0) is 12.1. The Morgan fingerprint density at radius 1 is 1.44 bits per heavy atom. The van der Waals surface area contributed by atoms with E-state index in [1.54, 1.807) is 18.2 Å². The molecule has 0 saturated heterocycles. The molecule has 1 aromatic carbocycles. The van der Waals surface area contributed by atoms with Crippen molar-refractivity contribution in [2.45, 2.75) is 13.8 Å². The summed E-state index contributed by atoms with van der Waals surface area (Å²) in [5.41, 5.74) is 1.43. The molecule has 0 fully saturated rings. The molecule has 0 bridgehead atoms. The Morgan fingerprint density at radius 3 is 2.69 bits per heavy atom. The zero-order valence-electron chi connectivity index (χ0n) is 9.11. The minimum atomic E-state index is -1.06. The molecule has 5 heteroatoms. The van der Waals surface area contributed by atoms with Gasteiger partial charge in [-0.1, -0.05) is 6.07 Å². The lowest BCUT2D eigenvalue weighted by atomic mass is 10.2. The molecule has 0 aliphatic carbocycles. The number of rotatable bonds is 4. The van der Waals surface area contributed by atoms with Crippen molar-refractivity contribution in [3.8, 4) is 5.75 Å². The van der Waals surface area contributed by atoms with Crippen molar-refractivity contribution in [1.82, 2.24) is 0 Å². The van der Waals surface area contributed by atoms with Crippen LogP contribution in [-0.4, -0.2) is 23.6 Å². The van der Waals surface area contributed by atoms with Crippen LogP contribution in [0.1, 0.15) is 12.5 Å². The first-order valence-corrected chi connectivity index (χ1v) is 4.72. The Morgan fingerprint density at radius 2 is 2.12 bits per heavy atom. The molecule has 0 radical (unpaired) electrons. The van der Waals surface area contributed by atoms with E-state index < -0.39 is 12.6 Å². The molecule has 0 saturated carbocycles. The van der Waals surface area contributed by atoms with Crippen LogP contribution in [0, 0.1) is 6.92 Å². The van der Waals surface area contributed by atoms with E-state index in [0.717, 1.165) is 5.56 Å². The molecule has 0 aliphatic heterocycles. The summed E-state index contributed by atoms with van der Waals surface area (Å²) in [4.78, 5) is 21.3. The van der Waals surface area contributed by atoms with E-state index in [1.165, 1.54) is 6.92 Å². The third-order valence-corrected chi connectivity index (χ3v) is 1.80. The third kappa shape index (κ3) is 3.61. The number of nitrogens with one attached hydrogen (secondary N) is 1. The number of aryl methyl sites for hydroxylation is 1. The summed E-state index contributed by atoms with van der Waals surface area (Å²) < 4.78 is 5.04. The number of carbonyl (C=O) groups is 2. The lowest BCUT2D eigenvalue weighted by Crippen LogP contribution is -2.12. The van der Waals surface area contributed by atoms with Crippen molar-refractivity contribution in [3.05, 3.63) is 23.8 Å². The summed E-state index contributed by atoms with van der Waals surface area (Å²) in [5.74, 6) is -0.941. The summed E-state index contributed by atoms with van der Waals surface area (Å²) >= 11 is 0. The van der Waals surface area contributed by atoms with E-state index >= 15 is 0 Å². The molecule has 1 amide bonds. The van der Waals surface area contributed by atoms with Crippen LogP contribution in [0.5, 0.6) is 5.75 Å². The van der Waals surface area contributed by atoms with Crippen molar-refractivity contribution in [3.63, 3.8) is 0 Å². The highest BCUT2D eigenvalue weighted by molar-refractivity contribution is 5.90. The number of amides is 1. The van der Waals surface area contributed by atoms with Gasteiger partial charge in [0.15, 0.2) is 6.61 Å². The van der Waals surface area contributed by atoms with Crippen LogP contribution in [0.15, 0.2) is 18.2 Å². The molecule has 1 aromatic rings. The lowest BCUT2D eigenvalue weighted by molar-refractivity contribution is -0.139. The first kappa shape index (κ1) is 12.0. The van der Waals surface area contributed by atoms with Crippen LogP contribution < -0.4 is 10.1 Å². The van der Waals surface area contributed by atoms with E-state index in [1.807, 2.05) is 6.92 Å². The van der Waals surface area contributed by atoms with Gasteiger partial charge in [-0.2, -0.15) is 0 Å². The third-order valence-electron chi connectivity index (χ3n) is 1.80. The number of carboxylic acids is 1. The number of carbonyl (C=O) groups excluding carboxylic acids is 1. The molecular formula is C11H13NO4. The van der Waals surface area contributed by atoms with Gasteiger partial charge < -0.3 is 15.2 Å². The molecular weight excluding hydrogens is 210 g/mol. The number of hydrogen-bond donors (Lipinski definition) is 2. The minimum Gasteiger partial charge on any atom is -0.480 e. The van der Waals surface area contributed by atoms with Crippen molar-refractivity contribution >= 4 is 17.6 Å². The molecule has 0 spiro atoms. The molecule has 5 nitrogen and oxygen atoms in total. The summed E-state index contributed by atoms with van der Waals surface area (Å²) in [5, 5.41) is 11.1. The van der Waals surface area contributed by atoms with Gasteiger partial charge in [0, 0.05) is 6.92 Å². The summed E-state index contributed by atoms with van der Waals surface area (Å²) in [7, 11) is 0. The average Bonchev–Trinajstić information content (AvgIpc) is 2.15. The van der Waals surface area contributed by atoms with Gasteiger partial charge >= 0.3 is 5.97 Å². The highest BCUT2D eigenvalue weighted by atomic mass is 16.5. The summed E-state index contributed by atoms with van der Waals surface area (Å²) in [6.07, 6.45) is 0. The summed E-state index contributed by atoms with van der Waals surface area (Å²) in [6, 6.07) is 5.13. The van der Waals surface area contributed by atoms with Crippen LogP contribution in [0.4, 0.5) is 5.69 Å². The van der Waals surface area contributed by atoms with E-state index in [9.17, 15) is 9.59 Å². The maximum Gasteiger partial charge on any atom is 0.341 e. The van der Waals surface area contributed by atoms with Gasteiger partial charge in [-0.15, -0.1) is 0 Å². The average molecular weight is 223 g/mol. The van der Waals surface area contributed by atoms with Crippen molar-refractivity contribution in [2.75, 3.05) is 11.9 Å².